The minimum atomic E-state index is -0.129. The van der Waals surface area contributed by atoms with Crippen LogP contribution in [0.5, 0.6) is 0 Å². The van der Waals surface area contributed by atoms with Gasteiger partial charge in [-0.15, -0.1) is 0 Å². The Labute approximate surface area is 244 Å². The maximum atomic E-state index is 13.8. The molecule has 0 unspecified atom stereocenters. The number of hydrogen-bond acceptors (Lipinski definition) is 6. The van der Waals surface area contributed by atoms with E-state index in [1.807, 2.05) is 60.6 Å². The number of allylic oxidation sites excluding steroid dienone is 4. The van der Waals surface area contributed by atoms with Crippen LogP contribution in [0.2, 0.25) is 0 Å². The largest absolute Gasteiger partial charge is 0.378 e. The van der Waals surface area contributed by atoms with Crippen molar-refractivity contribution in [2.45, 2.75) is 45.4 Å². The third-order valence-corrected chi connectivity index (χ3v) is 8.47. The fourth-order valence-corrected chi connectivity index (χ4v) is 6.14. The van der Waals surface area contributed by atoms with Crippen LogP contribution < -0.4 is 9.62 Å². The summed E-state index contributed by atoms with van der Waals surface area (Å²) >= 11 is 1.27. The van der Waals surface area contributed by atoms with Crippen molar-refractivity contribution < 1.29 is 14.3 Å². The number of carbonyl (C=O) groups is 2. The van der Waals surface area contributed by atoms with Gasteiger partial charge in [0.05, 0.1) is 13.2 Å². The minimum absolute atomic E-state index is 0.0412. The van der Waals surface area contributed by atoms with Gasteiger partial charge in [0.25, 0.3) is 11.8 Å². The quantitative estimate of drug-likeness (QED) is 0.409. The van der Waals surface area contributed by atoms with Gasteiger partial charge in [0.15, 0.2) is 0 Å². The predicted octanol–water partition coefficient (Wildman–Crippen LogP) is 5.33. The first kappa shape index (κ1) is 30.2. The fourth-order valence-electron chi connectivity index (χ4n) is 5.76. The zero-order chi connectivity index (χ0) is 28.5. The zero-order valence-corrected chi connectivity index (χ0v) is 25.1. The second-order valence-corrected chi connectivity index (χ2v) is 12.1. The Bertz CT molecular complexity index is 1160. The Hall–Kier alpha value is -2.81. The molecule has 1 aliphatic carbocycles. The van der Waals surface area contributed by atoms with E-state index in [0.29, 0.717) is 50.9 Å². The van der Waals surface area contributed by atoms with Crippen molar-refractivity contribution in [2.24, 2.45) is 5.92 Å². The van der Waals surface area contributed by atoms with E-state index in [1.165, 1.54) is 49.8 Å². The van der Waals surface area contributed by atoms with Gasteiger partial charge in [0.2, 0.25) is 0 Å². The highest BCUT2D eigenvalue weighted by Gasteiger charge is 2.27. The molecular formula is C32H44N4O3S. The molecule has 0 bridgehead atoms. The molecular weight excluding hydrogens is 520 g/mol. The first-order valence-corrected chi connectivity index (χ1v) is 15.2. The molecule has 7 nitrogen and oxygen atoms in total. The summed E-state index contributed by atoms with van der Waals surface area (Å²) in [4.78, 5) is 31.0. The Morgan fingerprint density at radius 1 is 1.15 bits per heavy atom. The van der Waals surface area contributed by atoms with Crippen molar-refractivity contribution in [3.8, 4) is 0 Å². The van der Waals surface area contributed by atoms with Crippen molar-refractivity contribution in [3.05, 3.63) is 76.9 Å². The van der Waals surface area contributed by atoms with Crippen molar-refractivity contribution in [1.82, 2.24) is 13.9 Å². The number of hydrogen-bond donors (Lipinski definition) is 1. The molecule has 3 aliphatic rings. The Balaban J connectivity index is 1.74. The average Bonchev–Trinajstić information content (AvgIpc) is 3.16. The molecule has 2 aliphatic heterocycles. The predicted molar refractivity (Wildman–Crippen MR) is 165 cm³/mol. The lowest BCUT2D eigenvalue weighted by Gasteiger charge is -2.32. The molecule has 0 aromatic heterocycles. The summed E-state index contributed by atoms with van der Waals surface area (Å²) in [6.07, 6.45) is 15.3. The van der Waals surface area contributed by atoms with Crippen LogP contribution in [0.15, 0.2) is 65.8 Å². The standard InChI is InChI=1S/C32H44N4O3S/c1-5-10-28-22-36(23-29(20-25(28)6-2)32(38)35-15-17-39-18-16-35)30-21-27(31(37)33-40-34(3)4)14-13-26(30)19-24-11-8-7-9-12-24/h5-6,10,13-14,20-21,24H,2,7-9,11-12,15-19,22-23H2,1,3-4H3,(H,33,37)/b10-5-. The van der Waals surface area contributed by atoms with Crippen LogP contribution in [0, 0.1) is 5.92 Å². The van der Waals surface area contributed by atoms with Crippen LogP contribution in [0.3, 0.4) is 0 Å². The maximum absolute atomic E-state index is 13.8. The summed E-state index contributed by atoms with van der Waals surface area (Å²) in [5.41, 5.74) is 5.68. The van der Waals surface area contributed by atoms with Gasteiger partial charge in [-0.1, -0.05) is 63.0 Å². The first-order valence-electron chi connectivity index (χ1n) is 14.5. The van der Waals surface area contributed by atoms with E-state index in [4.69, 9.17) is 4.74 Å². The van der Waals surface area contributed by atoms with E-state index in [2.05, 4.69) is 28.3 Å². The third-order valence-electron chi connectivity index (χ3n) is 7.83. The van der Waals surface area contributed by atoms with Crippen molar-refractivity contribution in [1.29, 1.82) is 0 Å². The monoisotopic (exact) mass is 564 g/mol. The molecule has 1 saturated carbocycles. The molecule has 1 aromatic rings. The summed E-state index contributed by atoms with van der Waals surface area (Å²) in [7, 11) is 3.79. The van der Waals surface area contributed by atoms with Gasteiger partial charge in [-0.3, -0.25) is 14.3 Å². The van der Waals surface area contributed by atoms with Crippen LogP contribution in [0.25, 0.3) is 0 Å². The topological polar surface area (TPSA) is 65.1 Å². The fraction of sp³-hybridized carbons (Fsp3) is 0.500. The van der Waals surface area contributed by atoms with Gasteiger partial charge in [-0.2, -0.15) is 0 Å². The van der Waals surface area contributed by atoms with E-state index >= 15 is 0 Å². The lowest BCUT2D eigenvalue weighted by Crippen LogP contribution is -2.43. The average molecular weight is 565 g/mol. The third kappa shape index (κ3) is 7.89. The molecule has 0 atom stereocenters. The van der Waals surface area contributed by atoms with Crippen LogP contribution in [-0.4, -0.2) is 74.5 Å². The number of nitrogens with zero attached hydrogens (tertiary/aromatic N) is 3. The van der Waals surface area contributed by atoms with Crippen molar-refractivity contribution in [2.75, 3.05) is 58.4 Å². The summed E-state index contributed by atoms with van der Waals surface area (Å²) in [5.74, 6) is 0.553. The van der Waals surface area contributed by atoms with Crippen molar-refractivity contribution >= 4 is 29.6 Å². The SMILES string of the molecule is C=CC1=C(/C=C\C)CN(c2cc(C(=O)NSN(C)C)ccc2CC2CCCCC2)CC(C(=O)N2CCOCC2)=C1. The van der Waals surface area contributed by atoms with Gasteiger partial charge in [0, 0.05) is 55.1 Å². The molecule has 0 spiro atoms. The first-order chi connectivity index (χ1) is 19.4. The Morgan fingerprint density at radius 3 is 2.58 bits per heavy atom. The van der Waals surface area contributed by atoms with E-state index < -0.39 is 0 Å². The van der Waals surface area contributed by atoms with Gasteiger partial charge in [0.1, 0.15) is 0 Å². The summed E-state index contributed by atoms with van der Waals surface area (Å²) in [6, 6.07) is 6.09. The van der Waals surface area contributed by atoms with E-state index in [1.54, 1.807) is 0 Å². The Kier molecular flexibility index (Phi) is 11.1. The molecule has 2 fully saturated rings. The number of carbonyl (C=O) groups excluding carboxylic acids is 2. The highest BCUT2D eigenvalue weighted by Crippen LogP contribution is 2.34. The molecule has 0 radical (unpaired) electrons. The molecule has 2 heterocycles. The molecule has 8 heteroatoms. The molecule has 1 N–H and O–H groups in total. The molecule has 4 rings (SSSR count). The lowest BCUT2D eigenvalue weighted by atomic mass is 9.84. The second kappa shape index (κ2) is 14.7. The molecule has 1 saturated heterocycles. The number of benzene rings is 1. The van der Waals surface area contributed by atoms with Crippen LogP contribution in [0.4, 0.5) is 5.69 Å². The molecule has 216 valence electrons. The zero-order valence-electron chi connectivity index (χ0n) is 24.3. The van der Waals surface area contributed by atoms with E-state index in [9.17, 15) is 9.59 Å². The van der Waals surface area contributed by atoms with Crippen molar-refractivity contribution in [3.63, 3.8) is 0 Å². The highest BCUT2D eigenvalue weighted by molar-refractivity contribution is 7.95. The number of morpholine rings is 1. The van der Waals surface area contributed by atoms with Gasteiger partial charge in [-0.05, 0) is 68.3 Å². The maximum Gasteiger partial charge on any atom is 0.262 e. The smallest absolute Gasteiger partial charge is 0.262 e. The molecule has 1 aromatic carbocycles. The van der Waals surface area contributed by atoms with Gasteiger partial charge < -0.3 is 14.5 Å². The van der Waals surface area contributed by atoms with Gasteiger partial charge in [-0.25, -0.2) is 4.31 Å². The summed E-state index contributed by atoms with van der Waals surface area (Å²) < 4.78 is 10.3. The second-order valence-electron chi connectivity index (χ2n) is 11.0. The number of anilines is 1. The minimum Gasteiger partial charge on any atom is -0.378 e. The number of ether oxygens (including phenoxy) is 1. The van der Waals surface area contributed by atoms with Crippen LogP contribution >= 0.6 is 12.1 Å². The number of rotatable bonds is 9. The highest BCUT2D eigenvalue weighted by atomic mass is 32.2. The number of amides is 2. The number of nitrogens with one attached hydrogen (secondary N) is 1. The van der Waals surface area contributed by atoms with Crippen LogP contribution in [0.1, 0.15) is 54.9 Å². The van der Waals surface area contributed by atoms with Crippen LogP contribution in [-0.2, 0) is 16.0 Å². The summed E-state index contributed by atoms with van der Waals surface area (Å²) in [5, 5.41) is 0. The van der Waals surface area contributed by atoms with E-state index in [0.717, 1.165) is 28.8 Å². The van der Waals surface area contributed by atoms with Gasteiger partial charge >= 0.3 is 0 Å². The molecule has 2 amide bonds. The normalized spacial score (nSPS) is 19.1. The lowest BCUT2D eigenvalue weighted by molar-refractivity contribution is -0.131. The Morgan fingerprint density at radius 2 is 1.90 bits per heavy atom. The summed E-state index contributed by atoms with van der Waals surface area (Å²) in [6.45, 7) is 9.47. The molecule has 40 heavy (non-hydrogen) atoms. The van der Waals surface area contributed by atoms with E-state index in [-0.39, 0.29) is 11.8 Å².